The molecule has 0 radical (unpaired) electrons. The summed E-state index contributed by atoms with van der Waals surface area (Å²) in [5, 5.41) is 11.7. The van der Waals surface area contributed by atoms with Crippen LogP contribution in [-0.2, 0) is 9.59 Å². The number of amides is 1. The van der Waals surface area contributed by atoms with Gasteiger partial charge < -0.3 is 10.4 Å². The van der Waals surface area contributed by atoms with Gasteiger partial charge in [-0.2, -0.15) is 0 Å². The van der Waals surface area contributed by atoms with Gasteiger partial charge in [0, 0.05) is 12.1 Å². The Morgan fingerprint density at radius 3 is 2.29 bits per heavy atom. The number of anilines is 1. The second kappa shape index (κ2) is 7.73. The minimum atomic E-state index is -0.898. The van der Waals surface area contributed by atoms with Gasteiger partial charge in [-0.05, 0) is 42.2 Å². The fourth-order valence-corrected chi connectivity index (χ4v) is 2.47. The molecule has 2 rings (SSSR count). The normalized spacial score (nSPS) is 13.1. The third-order valence-electron chi connectivity index (χ3n) is 3.99. The van der Waals surface area contributed by atoms with Gasteiger partial charge >= 0.3 is 5.97 Å². The summed E-state index contributed by atoms with van der Waals surface area (Å²) < 4.78 is 13.7. The molecule has 0 spiro atoms. The first-order valence-electron chi connectivity index (χ1n) is 7.75. The lowest BCUT2D eigenvalue weighted by Gasteiger charge is -2.13. The fraction of sp³-hybridized carbons (Fsp3) is 0.263. The summed E-state index contributed by atoms with van der Waals surface area (Å²) in [7, 11) is 0. The number of aliphatic carboxylic acids is 1. The van der Waals surface area contributed by atoms with Crippen LogP contribution in [0.2, 0.25) is 0 Å². The summed E-state index contributed by atoms with van der Waals surface area (Å²) in [4.78, 5) is 23.1. The predicted octanol–water partition coefficient (Wildman–Crippen LogP) is 4.15. The van der Waals surface area contributed by atoms with E-state index in [-0.39, 0.29) is 24.1 Å². The standard InChI is InChI=1S/C19H20FNO3/c1-12(16-5-3-4-6-17(16)20)11-18(22)21-15-9-7-14(8-10-15)13(2)19(23)24/h3-10,12-13H,11H2,1-2H3,(H,21,22)(H,23,24). The maximum absolute atomic E-state index is 13.7. The van der Waals surface area contributed by atoms with Crippen LogP contribution in [0, 0.1) is 5.82 Å². The number of carboxylic acids is 1. The van der Waals surface area contributed by atoms with Gasteiger partial charge in [-0.3, -0.25) is 9.59 Å². The second-order valence-corrected chi connectivity index (χ2v) is 5.86. The van der Waals surface area contributed by atoms with E-state index in [1.807, 2.05) is 0 Å². The van der Waals surface area contributed by atoms with Crippen molar-refractivity contribution < 1.29 is 19.1 Å². The molecule has 1 amide bonds. The first-order chi connectivity index (χ1) is 11.4. The Morgan fingerprint density at radius 1 is 1.08 bits per heavy atom. The molecule has 24 heavy (non-hydrogen) atoms. The Balaban J connectivity index is 1.97. The van der Waals surface area contributed by atoms with Crippen LogP contribution < -0.4 is 5.32 Å². The van der Waals surface area contributed by atoms with Crippen molar-refractivity contribution in [3.8, 4) is 0 Å². The number of nitrogens with one attached hydrogen (secondary N) is 1. The molecule has 0 bridgehead atoms. The van der Waals surface area contributed by atoms with E-state index < -0.39 is 11.9 Å². The Hall–Kier alpha value is -2.69. The summed E-state index contributed by atoms with van der Waals surface area (Å²) in [6, 6.07) is 13.1. The van der Waals surface area contributed by atoms with Gasteiger partial charge in [0.2, 0.25) is 5.91 Å². The largest absolute Gasteiger partial charge is 0.481 e. The molecule has 0 aliphatic heterocycles. The molecule has 2 aromatic rings. The molecule has 0 saturated heterocycles. The van der Waals surface area contributed by atoms with Crippen LogP contribution in [0.15, 0.2) is 48.5 Å². The fourth-order valence-electron chi connectivity index (χ4n) is 2.47. The number of hydrogen-bond acceptors (Lipinski definition) is 2. The molecule has 2 unspecified atom stereocenters. The lowest BCUT2D eigenvalue weighted by atomic mass is 9.97. The third kappa shape index (κ3) is 4.41. The van der Waals surface area contributed by atoms with Crippen LogP contribution >= 0.6 is 0 Å². The topological polar surface area (TPSA) is 66.4 Å². The molecule has 2 atom stereocenters. The zero-order chi connectivity index (χ0) is 17.7. The average molecular weight is 329 g/mol. The van der Waals surface area contributed by atoms with E-state index >= 15 is 0 Å². The molecule has 2 N–H and O–H groups in total. The molecule has 4 nitrogen and oxygen atoms in total. The van der Waals surface area contributed by atoms with Crippen molar-refractivity contribution in [2.24, 2.45) is 0 Å². The van der Waals surface area contributed by atoms with Gasteiger partial charge in [0.25, 0.3) is 0 Å². The van der Waals surface area contributed by atoms with Gasteiger partial charge in [0.1, 0.15) is 5.82 Å². The first-order valence-corrected chi connectivity index (χ1v) is 7.75. The highest BCUT2D eigenvalue weighted by Crippen LogP contribution is 2.23. The van der Waals surface area contributed by atoms with Crippen LogP contribution in [-0.4, -0.2) is 17.0 Å². The minimum Gasteiger partial charge on any atom is -0.481 e. The van der Waals surface area contributed by atoms with Gasteiger partial charge in [-0.15, -0.1) is 0 Å². The number of hydrogen-bond donors (Lipinski definition) is 2. The van der Waals surface area contributed by atoms with E-state index in [2.05, 4.69) is 5.32 Å². The average Bonchev–Trinajstić information content (AvgIpc) is 2.55. The van der Waals surface area contributed by atoms with Gasteiger partial charge in [-0.1, -0.05) is 37.3 Å². The molecule has 0 heterocycles. The molecule has 0 fully saturated rings. The van der Waals surface area contributed by atoms with Crippen LogP contribution in [0.3, 0.4) is 0 Å². The highest BCUT2D eigenvalue weighted by atomic mass is 19.1. The minimum absolute atomic E-state index is 0.161. The molecule has 5 heteroatoms. The third-order valence-corrected chi connectivity index (χ3v) is 3.99. The van der Waals surface area contributed by atoms with E-state index in [0.29, 0.717) is 16.8 Å². The van der Waals surface area contributed by atoms with Gasteiger partial charge in [-0.25, -0.2) is 4.39 Å². The summed E-state index contributed by atoms with van der Waals surface area (Å²) in [6.45, 7) is 3.40. The summed E-state index contributed by atoms with van der Waals surface area (Å²) >= 11 is 0. The van der Waals surface area contributed by atoms with Crippen molar-refractivity contribution in [2.75, 3.05) is 5.32 Å². The molecule has 2 aromatic carbocycles. The highest BCUT2D eigenvalue weighted by Gasteiger charge is 2.16. The molecule has 0 saturated carbocycles. The smallest absolute Gasteiger partial charge is 0.310 e. The SMILES string of the molecule is CC(CC(=O)Nc1ccc(C(C)C(=O)O)cc1)c1ccccc1F. The monoisotopic (exact) mass is 329 g/mol. The van der Waals surface area contributed by atoms with Crippen molar-refractivity contribution in [1.29, 1.82) is 0 Å². The Kier molecular flexibility index (Phi) is 5.68. The van der Waals surface area contributed by atoms with Gasteiger partial charge in [0.15, 0.2) is 0 Å². The lowest BCUT2D eigenvalue weighted by Crippen LogP contribution is -2.15. The van der Waals surface area contributed by atoms with Crippen molar-refractivity contribution in [3.63, 3.8) is 0 Å². The molecule has 0 aliphatic carbocycles. The predicted molar refractivity (Wildman–Crippen MR) is 90.6 cm³/mol. The highest BCUT2D eigenvalue weighted by molar-refractivity contribution is 5.91. The number of halogens is 1. The molecule has 126 valence electrons. The van der Waals surface area contributed by atoms with Crippen LogP contribution in [0.1, 0.15) is 43.2 Å². The Bertz CT molecular complexity index is 728. The lowest BCUT2D eigenvalue weighted by molar-refractivity contribution is -0.138. The van der Waals surface area contributed by atoms with Crippen LogP contribution in [0.5, 0.6) is 0 Å². The number of rotatable bonds is 6. The molecule has 0 aliphatic rings. The number of carbonyl (C=O) groups excluding carboxylic acids is 1. The molecule has 0 aromatic heterocycles. The number of benzene rings is 2. The maximum Gasteiger partial charge on any atom is 0.310 e. The van der Waals surface area contributed by atoms with Crippen LogP contribution in [0.4, 0.5) is 10.1 Å². The van der Waals surface area contributed by atoms with E-state index in [1.54, 1.807) is 56.3 Å². The van der Waals surface area contributed by atoms with Gasteiger partial charge in [0.05, 0.1) is 5.92 Å². The zero-order valence-electron chi connectivity index (χ0n) is 13.6. The van der Waals surface area contributed by atoms with E-state index in [0.717, 1.165) is 0 Å². The number of carboxylic acid groups (broad SMARTS) is 1. The molecular weight excluding hydrogens is 309 g/mol. The van der Waals surface area contributed by atoms with Crippen molar-refractivity contribution in [3.05, 3.63) is 65.5 Å². The Morgan fingerprint density at radius 2 is 1.71 bits per heavy atom. The van der Waals surface area contributed by atoms with Crippen molar-refractivity contribution in [1.82, 2.24) is 0 Å². The summed E-state index contributed by atoms with van der Waals surface area (Å²) in [5.74, 6) is -2.27. The van der Waals surface area contributed by atoms with E-state index in [4.69, 9.17) is 5.11 Å². The van der Waals surface area contributed by atoms with Crippen molar-refractivity contribution >= 4 is 17.6 Å². The summed E-state index contributed by atoms with van der Waals surface area (Å²) in [6.07, 6.45) is 0.161. The first kappa shape index (κ1) is 17.7. The summed E-state index contributed by atoms with van der Waals surface area (Å²) in [5.41, 5.74) is 1.76. The molecular formula is C19H20FNO3. The van der Waals surface area contributed by atoms with Crippen LogP contribution in [0.25, 0.3) is 0 Å². The quantitative estimate of drug-likeness (QED) is 0.837. The zero-order valence-corrected chi connectivity index (χ0v) is 13.6. The Labute approximate surface area is 140 Å². The second-order valence-electron chi connectivity index (χ2n) is 5.86. The van der Waals surface area contributed by atoms with E-state index in [1.165, 1.54) is 6.07 Å². The van der Waals surface area contributed by atoms with E-state index in [9.17, 15) is 14.0 Å². The maximum atomic E-state index is 13.7. The van der Waals surface area contributed by atoms with Crippen molar-refractivity contribution in [2.45, 2.75) is 32.1 Å². The number of carbonyl (C=O) groups is 2.